The van der Waals surface area contributed by atoms with Crippen LogP contribution >= 0.6 is 0 Å². The zero-order valence-corrected chi connectivity index (χ0v) is 35.1. The molecule has 6 rings (SSSR count). The van der Waals surface area contributed by atoms with Gasteiger partial charge in [-0.1, -0.05) is 73.7 Å². The van der Waals surface area contributed by atoms with Crippen molar-refractivity contribution in [3.05, 3.63) is 82.3 Å². The monoisotopic (exact) mass is 841 g/mol. The standard InChI is InChI=1S/C47H65N6O8/c48-35(15-11-30(28-56)6-5-20-54)7-3-8-36-33(14-13-32-23-31-12-10-29(16-21-55)22-34(31)24-37(32)36)25-39(51-42-9-4-19-50-42)38(26-43(57)58)40-27-41(53-46(49)52-40)44(59)45(60)47(61)17-1-2-18-47/h4,9-10,12,19,21-24,26,28,30,33,35-36,39-41,44-45,50,54,59-61H,1-3,5-8,11,13-18,20,25,27,48H2,(H,57,58)(H3,49,52,53)/q-1/b38-26-/t30-,33-,35-,36-,39-,40+,41-,44+,45+/m1/s1. The van der Waals surface area contributed by atoms with Gasteiger partial charge in [-0.25, -0.2) is 9.79 Å². The molecule has 0 amide bonds. The van der Waals surface area contributed by atoms with E-state index < -0.39 is 41.9 Å². The van der Waals surface area contributed by atoms with Gasteiger partial charge in [0.05, 0.1) is 17.7 Å². The van der Waals surface area contributed by atoms with E-state index in [1.165, 1.54) is 11.1 Å². The van der Waals surface area contributed by atoms with E-state index in [4.69, 9.17) is 16.8 Å². The number of benzene rings is 2. The summed E-state index contributed by atoms with van der Waals surface area (Å²) in [4.78, 5) is 43.6. The maximum atomic E-state index is 12.7. The molecule has 1 aromatic heterocycles. The second kappa shape index (κ2) is 21.5. The van der Waals surface area contributed by atoms with Crippen molar-refractivity contribution < 1.29 is 39.9 Å². The molecular formula is C47H65N6O8-. The maximum Gasteiger partial charge on any atom is 0.328 e. The number of fused-ring (bicyclic) bond motifs is 2. The van der Waals surface area contributed by atoms with Gasteiger partial charge in [0, 0.05) is 31.1 Å². The fourth-order valence-electron chi connectivity index (χ4n) is 10.2. The smallest absolute Gasteiger partial charge is 0.328 e. The summed E-state index contributed by atoms with van der Waals surface area (Å²) >= 11 is 0. The number of H-pyrrole nitrogens is 1. The van der Waals surface area contributed by atoms with Gasteiger partial charge in [-0.2, -0.15) is 0 Å². The van der Waals surface area contributed by atoms with Crippen molar-refractivity contribution in [2.75, 3.05) is 6.61 Å². The number of hydrogen-bond donors (Lipinski definition) is 9. The number of aliphatic imine (C=N–C) groups is 1. The van der Waals surface area contributed by atoms with Crippen LogP contribution in [0.25, 0.3) is 16.1 Å². The first-order valence-corrected chi connectivity index (χ1v) is 22.2. The Morgan fingerprint density at radius 1 is 1.03 bits per heavy atom. The number of aromatic amines is 1. The lowest BCUT2D eigenvalue weighted by Gasteiger charge is -2.42. The number of carboxylic acids is 1. The summed E-state index contributed by atoms with van der Waals surface area (Å²) in [6.45, 7) is 0.0545. The Hall–Kier alpha value is -4.60. The molecular weight excluding hydrogens is 777 g/mol. The molecule has 0 bridgehead atoms. The number of guanidine groups is 1. The molecule has 14 heteroatoms. The summed E-state index contributed by atoms with van der Waals surface area (Å²) in [5, 5.41) is 63.7. The Morgan fingerprint density at radius 3 is 2.54 bits per heavy atom. The van der Waals surface area contributed by atoms with E-state index in [-0.39, 0.29) is 42.8 Å². The van der Waals surface area contributed by atoms with Crippen LogP contribution in [0.3, 0.4) is 0 Å². The minimum atomic E-state index is -1.44. The van der Waals surface area contributed by atoms with Crippen molar-refractivity contribution in [1.82, 2.24) is 10.3 Å². The molecule has 3 aromatic rings. The van der Waals surface area contributed by atoms with Gasteiger partial charge in [0.25, 0.3) is 0 Å². The fourth-order valence-corrected chi connectivity index (χ4v) is 10.2. The normalized spacial score (nSPS) is 23.8. The van der Waals surface area contributed by atoms with Crippen LogP contribution in [0.1, 0.15) is 112 Å². The Kier molecular flexibility index (Phi) is 16.2. The van der Waals surface area contributed by atoms with E-state index >= 15 is 0 Å². The number of carbonyl (C=O) groups excluding carboxylic acids is 2. The topological polar surface area (TPSA) is 259 Å². The summed E-state index contributed by atoms with van der Waals surface area (Å²) in [6, 6.07) is 11.9. The SMILES string of the molecule is NC1=N[C@H](/C(=C\C(=O)O)[C@@H](C[C@H]2CCc3cc4ccc(CC=O)cc4cc3[C@@H]2CCC[C@@H](N)CC[C@H](C=O)CCCO)[N-]c2ccc[nH]2)C[C@H]([C@H](O)[C@H](O)C2(O)CCCC2)N1. The number of aliphatic hydroxyl groups is 4. The summed E-state index contributed by atoms with van der Waals surface area (Å²) in [6.07, 6.45) is 11.7. The number of nitrogens with zero attached hydrogens (tertiary/aromatic N) is 2. The van der Waals surface area contributed by atoms with E-state index in [0.29, 0.717) is 62.8 Å². The largest absolute Gasteiger partial charge is 0.478 e. The van der Waals surface area contributed by atoms with Crippen LogP contribution in [0.5, 0.6) is 0 Å². The molecule has 332 valence electrons. The van der Waals surface area contributed by atoms with Crippen LogP contribution in [0.4, 0.5) is 5.82 Å². The molecule has 1 aliphatic heterocycles. The second-order valence-corrected chi connectivity index (χ2v) is 17.7. The maximum absolute atomic E-state index is 12.7. The van der Waals surface area contributed by atoms with Gasteiger partial charge in [-0.05, 0) is 128 Å². The molecule has 0 saturated heterocycles. The van der Waals surface area contributed by atoms with Gasteiger partial charge < -0.3 is 62.2 Å². The highest BCUT2D eigenvalue weighted by molar-refractivity contribution is 5.86. The predicted molar refractivity (Wildman–Crippen MR) is 236 cm³/mol. The van der Waals surface area contributed by atoms with Gasteiger partial charge in [0.2, 0.25) is 0 Å². The van der Waals surface area contributed by atoms with Gasteiger partial charge >= 0.3 is 5.97 Å². The van der Waals surface area contributed by atoms with Gasteiger partial charge in [-0.15, -0.1) is 0 Å². The number of rotatable bonds is 23. The minimum Gasteiger partial charge on any atom is -0.478 e. The molecule has 9 atom stereocenters. The minimum absolute atomic E-state index is 0.00433. The third kappa shape index (κ3) is 11.9. The van der Waals surface area contributed by atoms with Crippen LogP contribution in [-0.2, 0) is 27.2 Å². The van der Waals surface area contributed by atoms with Crippen molar-refractivity contribution in [2.45, 2.75) is 151 Å². The van der Waals surface area contributed by atoms with Gasteiger partial charge in [-0.3, -0.25) is 0 Å². The molecule has 2 heterocycles. The van der Waals surface area contributed by atoms with Crippen molar-refractivity contribution >= 4 is 41.1 Å². The highest BCUT2D eigenvalue weighted by atomic mass is 16.4. The first-order chi connectivity index (χ1) is 29.4. The number of nitrogens with one attached hydrogen (secondary N) is 2. The van der Waals surface area contributed by atoms with E-state index in [1.54, 1.807) is 6.20 Å². The number of aldehydes is 2. The lowest BCUT2D eigenvalue weighted by molar-refractivity contribution is -0.131. The number of aliphatic carboxylic acids is 1. The average Bonchev–Trinajstić information content (AvgIpc) is 3.94. The van der Waals surface area contributed by atoms with E-state index in [9.17, 15) is 39.9 Å². The zero-order valence-electron chi connectivity index (χ0n) is 35.1. The fraction of sp³-hybridized carbons (Fsp3) is 0.574. The summed E-state index contributed by atoms with van der Waals surface area (Å²) in [5.74, 6) is -0.607. The van der Waals surface area contributed by atoms with Crippen molar-refractivity contribution in [3.8, 4) is 0 Å². The van der Waals surface area contributed by atoms with E-state index in [2.05, 4.69) is 39.6 Å². The highest BCUT2D eigenvalue weighted by Crippen LogP contribution is 2.46. The molecule has 1 fully saturated rings. The van der Waals surface area contributed by atoms with Gasteiger partial charge in [0.1, 0.15) is 24.8 Å². The number of aromatic nitrogens is 1. The first-order valence-electron chi connectivity index (χ1n) is 22.2. The Labute approximate surface area is 358 Å². The van der Waals surface area contributed by atoms with E-state index in [0.717, 1.165) is 79.9 Å². The zero-order chi connectivity index (χ0) is 43.5. The lowest BCUT2D eigenvalue weighted by atomic mass is 9.69. The number of aryl methyl sites for hydroxylation is 1. The van der Waals surface area contributed by atoms with E-state index in [1.807, 2.05) is 18.2 Å². The number of carbonyl (C=O) groups is 3. The number of hydrogen-bond acceptors (Lipinski definition) is 11. The second-order valence-electron chi connectivity index (χ2n) is 17.7. The Morgan fingerprint density at radius 2 is 1.84 bits per heavy atom. The molecule has 3 aliphatic rings. The molecule has 0 spiro atoms. The van der Waals surface area contributed by atoms with Crippen molar-refractivity contribution in [3.63, 3.8) is 0 Å². The first kappa shape index (κ1) is 45.9. The number of nitrogens with two attached hydrogens (primary N) is 2. The van der Waals surface area contributed by atoms with Crippen LogP contribution in [0.15, 0.2) is 65.3 Å². The molecule has 0 radical (unpaired) electrons. The van der Waals surface area contributed by atoms with Crippen LogP contribution < -0.4 is 16.8 Å². The lowest BCUT2D eigenvalue weighted by Crippen LogP contribution is -2.59. The molecule has 1 saturated carbocycles. The van der Waals surface area contributed by atoms with Gasteiger partial charge in [0.15, 0.2) is 5.96 Å². The third-order valence-corrected chi connectivity index (χ3v) is 13.5. The third-order valence-electron chi connectivity index (χ3n) is 13.5. The Bertz CT molecular complexity index is 1980. The summed E-state index contributed by atoms with van der Waals surface area (Å²) in [5.41, 5.74) is 15.4. The number of carboxylic acid groups (broad SMARTS) is 1. The van der Waals surface area contributed by atoms with Crippen molar-refractivity contribution in [2.24, 2.45) is 28.3 Å². The molecule has 0 unspecified atom stereocenters. The Balaban J connectivity index is 1.30. The predicted octanol–water partition coefficient (Wildman–Crippen LogP) is 4.97. The molecule has 2 aliphatic carbocycles. The summed E-state index contributed by atoms with van der Waals surface area (Å²) < 4.78 is 0. The van der Waals surface area contributed by atoms with Crippen molar-refractivity contribution in [1.29, 1.82) is 0 Å². The number of aliphatic hydroxyl groups excluding tert-OH is 3. The highest BCUT2D eigenvalue weighted by Gasteiger charge is 2.46. The van der Waals surface area contributed by atoms with Crippen LogP contribution in [-0.4, -0.2) is 104 Å². The molecule has 2 aromatic carbocycles. The molecule has 61 heavy (non-hydrogen) atoms. The quantitative estimate of drug-likeness (QED) is 0.0455. The van der Waals surface area contributed by atoms with Crippen LogP contribution in [0, 0.1) is 11.8 Å². The molecule has 14 nitrogen and oxygen atoms in total. The average molecular weight is 842 g/mol. The van der Waals surface area contributed by atoms with Crippen LogP contribution in [0.2, 0.25) is 0 Å². The summed E-state index contributed by atoms with van der Waals surface area (Å²) in [7, 11) is 0. The molecule has 11 N–H and O–H groups in total.